The molecule has 0 spiro atoms. The minimum Gasteiger partial charge on any atom is -0.383 e. The fourth-order valence-electron chi connectivity index (χ4n) is 9.69. The average Bonchev–Trinajstić information content (AvgIpc) is 3.56. The first-order chi connectivity index (χ1) is 30.1. The summed E-state index contributed by atoms with van der Waals surface area (Å²) in [6, 6.07) is 5.62. The van der Waals surface area contributed by atoms with E-state index < -0.39 is 11.9 Å². The van der Waals surface area contributed by atoms with Gasteiger partial charge in [-0.15, -0.1) is 0 Å². The summed E-state index contributed by atoms with van der Waals surface area (Å²) in [5.74, 6) is 0.867. The molecule has 1 unspecified atom stereocenters. The number of nitrogens with two attached hydrogens (primary N) is 1. The number of nitrogens with zero attached hydrogens (tertiary/aromatic N) is 11. The van der Waals surface area contributed by atoms with Crippen molar-refractivity contribution in [2.24, 2.45) is 0 Å². The number of likely N-dealkylation sites (tertiary alicyclic amines) is 1. The molecule has 4 aliphatic heterocycles. The van der Waals surface area contributed by atoms with Gasteiger partial charge in [0.2, 0.25) is 17.7 Å². The molecule has 1 aromatic carbocycles. The maximum Gasteiger partial charge on any atom is 0.255 e. The molecule has 18 heteroatoms. The van der Waals surface area contributed by atoms with Crippen LogP contribution in [0.2, 0.25) is 0 Å². The number of piperazine rings is 1. The second kappa shape index (κ2) is 16.3. The lowest BCUT2D eigenvalue weighted by atomic mass is 10.0. The molecule has 5 aliphatic rings. The summed E-state index contributed by atoms with van der Waals surface area (Å²) in [4.78, 5) is 72.6. The molecule has 1 aliphatic carbocycles. The lowest BCUT2D eigenvalue weighted by Crippen LogP contribution is -2.52. The van der Waals surface area contributed by atoms with Crippen LogP contribution in [0.3, 0.4) is 0 Å². The maximum atomic E-state index is 13.3. The first-order valence-corrected chi connectivity index (χ1v) is 22.2. The third-order valence-electron chi connectivity index (χ3n) is 13.4. The molecular formula is C44H53N13O5. The smallest absolute Gasteiger partial charge is 0.255 e. The molecule has 4 aromatic heterocycles. The highest BCUT2D eigenvalue weighted by Gasteiger charge is 2.40. The third kappa shape index (κ3) is 7.47. The number of unbranched alkanes of at least 4 members (excludes halogenated alkanes) is 1. The van der Waals surface area contributed by atoms with Gasteiger partial charge in [-0.2, -0.15) is 5.10 Å². The Morgan fingerprint density at radius 1 is 0.952 bits per heavy atom. The molecule has 10 rings (SSSR count). The minimum absolute atomic E-state index is 0.0498. The number of imide groups is 1. The zero-order valence-electron chi connectivity index (χ0n) is 35.3. The molecule has 3 N–H and O–H groups in total. The number of nitrogens with one attached hydrogen (secondary N) is 1. The zero-order valence-corrected chi connectivity index (χ0v) is 35.3. The van der Waals surface area contributed by atoms with Crippen molar-refractivity contribution in [1.29, 1.82) is 0 Å². The molecule has 0 bridgehead atoms. The number of amides is 4. The number of hydrogen-bond acceptors (Lipinski definition) is 13. The van der Waals surface area contributed by atoms with E-state index in [1.54, 1.807) is 4.90 Å². The number of aromatic nitrogens is 7. The Morgan fingerprint density at radius 3 is 2.52 bits per heavy atom. The van der Waals surface area contributed by atoms with Crippen LogP contribution in [0, 0.1) is 0 Å². The van der Waals surface area contributed by atoms with Crippen molar-refractivity contribution in [1.82, 2.24) is 54.5 Å². The van der Waals surface area contributed by atoms with Crippen molar-refractivity contribution in [2.45, 2.75) is 102 Å². The number of fused-ring (bicyclic) bond motifs is 2. The minimum atomic E-state index is -0.611. The van der Waals surface area contributed by atoms with Gasteiger partial charge in [-0.1, -0.05) is 5.16 Å². The number of hydrogen-bond donors (Lipinski definition) is 2. The Kier molecular flexibility index (Phi) is 10.5. The molecule has 5 aromatic rings. The van der Waals surface area contributed by atoms with Crippen LogP contribution >= 0.6 is 0 Å². The van der Waals surface area contributed by atoms with Gasteiger partial charge in [0.25, 0.3) is 5.91 Å². The van der Waals surface area contributed by atoms with Crippen molar-refractivity contribution >= 4 is 46.2 Å². The summed E-state index contributed by atoms with van der Waals surface area (Å²) >= 11 is 0. The molecule has 18 nitrogen and oxygen atoms in total. The molecule has 324 valence electrons. The number of piperidine rings is 2. The monoisotopic (exact) mass is 843 g/mol. The second-order valence-electron chi connectivity index (χ2n) is 17.7. The van der Waals surface area contributed by atoms with E-state index in [9.17, 15) is 19.2 Å². The highest BCUT2D eigenvalue weighted by Crippen LogP contribution is 2.48. The molecule has 62 heavy (non-hydrogen) atoms. The van der Waals surface area contributed by atoms with Crippen LogP contribution < -0.4 is 16.0 Å². The zero-order chi connectivity index (χ0) is 42.6. The fraction of sp³-hybridized carbons (Fsp3) is 0.523. The van der Waals surface area contributed by atoms with Crippen molar-refractivity contribution in [3.8, 4) is 22.6 Å². The predicted octanol–water partition coefficient (Wildman–Crippen LogP) is 4.30. The number of nitrogen functional groups attached to an aromatic ring is 1. The van der Waals surface area contributed by atoms with Crippen molar-refractivity contribution in [3.63, 3.8) is 0 Å². The molecule has 3 saturated heterocycles. The van der Waals surface area contributed by atoms with E-state index in [1.165, 1.54) is 6.33 Å². The van der Waals surface area contributed by atoms with Gasteiger partial charge in [-0.05, 0) is 89.1 Å². The lowest BCUT2D eigenvalue weighted by molar-refractivity contribution is -0.137. The fourth-order valence-corrected chi connectivity index (χ4v) is 9.69. The van der Waals surface area contributed by atoms with Crippen LogP contribution in [0.1, 0.15) is 111 Å². The Labute approximate surface area is 358 Å². The van der Waals surface area contributed by atoms with E-state index >= 15 is 0 Å². The Balaban J connectivity index is 0.691. The number of benzene rings is 1. The SMILES string of the molecule is CC(C)n1nc(-c2noc(C3CC3)c2-c2cn(C3CCN(C(=O)CCCCN4CCN(c5ccc6c(c5)CN(C5CCC(=O)NC5=O)C6=O)CC4)CC3)cn2)c2c(N)ncnc21. The summed E-state index contributed by atoms with van der Waals surface area (Å²) in [6.45, 7) is 10.5. The predicted molar refractivity (Wildman–Crippen MR) is 229 cm³/mol. The van der Waals surface area contributed by atoms with E-state index in [0.29, 0.717) is 72.2 Å². The molecular weight excluding hydrogens is 791 g/mol. The van der Waals surface area contributed by atoms with Gasteiger partial charge in [-0.25, -0.2) is 19.6 Å². The molecule has 4 fully saturated rings. The van der Waals surface area contributed by atoms with E-state index in [1.807, 2.05) is 41.9 Å². The standard InChI is InChI=1S/C44H53N13O5/c1-26(2)57-42-37(41(45)46-24-47-42)38(50-57)39-36(40(62-51-39)27-6-7-27)32-23-55(25-48-32)29-12-15-54(16-13-29)35(59)5-3-4-14-52-17-19-53(20-18-52)30-8-9-31-28(21-30)22-56(44(31)61)33-10-11-34(58)49-43(33)60/h8-9,21,23-27,29,33H,3-7,10-20,22H2,1-2H3,(H2,45,46,47)(H,49,58,60). The van der Waals surface area contributed by atoms with Crippen LogP contribution in [0.5, 0.6) is 0 Å². The number of rotatable bonds is 12. The van der Waals surface area contributed by atoms with E-state index in [4.69, 9.17) is 20.3 Å². The summed E-state index contributed by atoms with van der Waals surface area (Å²) in [5.41, 5.74) is 12.5. The first-order valence-electron chi connectivity index (χ1n) is 22.2. The highest BCUT2D eigenvalue weighted by molar-refractivity contribution is 6.05. The van der Waals surface area contributed by atoms with Crippen LogP contribution in [0.4, 0.5) is 11.5 Å². The third-order valence-corrected chi connectivity index (χ3v) is 13.4. The molecule has 4 amide bonds. The van der Waals surface area contributed by atoms with Gasteiger partial charge in [0.15, 0.2) is 5.65 Å². The van der Waals surface area contributed by atoms with Gasteiger partial charge >= 0.3 is 0 Å². The Hall–Kier alpha value is -6.17. The number of imidazole rings is 1. The number of carbonyl (C=O) groups excluding carboxylic acids is 4. The van der Waals surface area contributed by atoms with Crippen LogP contribution in [-0.4, -0.2) is 125 Å². The number of carbonyl (C=O) groups is 4. The lowest BCUT2D eigenvalue weighted by Gasteiger charge is -2.36. The largest absolute Gasteiger partial charge is 0.383 e. The van der Waals surface area contributed by atoms with Crippen molar-refractivity contribution < 1.29 is 23.7 Å². The van der Waals surface area contributed by atoms with Gasteiger partial charge in [0.1, 0.15) is 35.3 Å². The quantitative estimate of drug-likeness (QED) is 0.133. The number of anilines is 2. The normalized spacial score (nSPS) is 20.2. The highest BCUT2D eigenvalue weighted by atomic mass is 16.5. The Morgan fingerprint density at radius 2 is 1.76 bits per heavy atom. The summed E-state index contributed by atoms with van der Waals surface area (Å²) in [7, 11) is 0. The summed E-state index contributed by atoms with van der Waals surface area (Å²) in [6.07, 6.45) is 12.2. The topological polar surface area (TPSA) is 207 Å². The summed E-state index contributed by atoms with van der Waals surface area (Å²) in [5, 5.41) is 12.5. The van der Waals surface area contributed by atoms with Crippen molar-refractivity contribution in [3.05, 3.63) is 53.9 Å². The van der Waals surface area contributed by atoms with Crippen LogP contribution in [-0.2, 0) is 20.9 Å². The molecule has 8 heterocycles. The second-order valence-corrected chi connectivity index (χ2v) is 17.7. The van der Waals surface area contributed by atoms with Gasteiger partial charge < -0.3 is 29.5 Å². The summed E-state index contributed by atoms with van der Waals surface area (Å²) < 4.78 is 10.0. The van der Waals surface area contributed by atoms with E-state index in [0.717, 1.165) is 99.5 Å². The van der Waals surface area contributed by atoms with E-state index in [-0.39, 0.29) is 36.2 Å². The van der Waals surface area contributed by atoms with Gasteiger partial charge in [0, 0.05) is 94.1 Å². The van der Waals surface area contributed by atoms with Crippen molar-refractivity contribution in [2.75, 3.05) is 56.4 Å². The van der Waals surface area contributed by atoms with Gasteiger partial charge in [0.05, 0.1) is 23.0 Å². The average molecular weight is 844 g/mol. The first kappa shape index (κ1) is 39.9. The molecule has 0 radical (unpaired) electrons. The molecule has 1 saturated carbocycles. The van der Waals surface area contributed by atoms with Crippen LogP contribution in [0.25, 0.3) is 33.7 Å². The van der Waals surface area contributed by atoms with Crippen LogP contribution in [0.15, 0.2) is 41.6 Å². The maximum absolute atomic E-state index is 13.3. The van der Waals surface area contributed by atoms with E-state index in [2.05, 4.69) is 47.1 Å². The Bertz CT molecular complexity index is 2540. The molecule has 1 atom stereocenters. The van der Waals surface area contributed by atoms with Gasteiger partial charge in [-0.3, -0.25) is 29.4 Å².